The van der Waals surface area contributed by atoms with Crippen molar-refractivity contribution in [1.29, 1.82) is 0 Å². The molecule has 1 amide bonds. The molecule has 120 valence electrons. The summed E-state index contributed by atoms with van der Waals surface area (Å²) >= 11 is 3.52. The molecule has 4 rings (SSSR count). The normalized spacial score (nSPS) is 21.2. The molecule has 2 heterocycles. The van der Waals surface area contributed by atoms with Crippen LogP contribution in [0.3, 0.4) is 0 Å². The number of likely N-dealkylation sites (tertiary alicyclic amines) is 1. The monoisotopic (exact) mass is 373 g/mol. The zero-order chi connectivity index (χ0) is 16.1. The molecule has 2 fully saturated rings. The predicted octanol–water partition coefficient (Wildman–Crippen LogP) is 3.36. The van der Waals surface area contributed by atoms with Gasteiger partial charge in [-0.3, -0.25) is 9.78 Å². The van der Waals surface area contributed by atoms with Crippen LogP contribution in [0.15, 0.2) is 22.7 Å². The molecule has 1 aliphatic carbocycles. The molecule has 0 spiro atoms. The van der Waals surface area contributed by atoms with Gasteiger partial charge in [0, 0.05) is 40.6 Å². The van der Waals surface area contributed by atoms with Crippen molar-refractivity contribution < 1.29 is 4.79 Å². The predicted molar refractivity (Wildman–Crippen MR) is 94.7 cm³/mol. The van der Waals surface area contributed by atoms with Gasteiger partial charge in [0.1, 0.15) is 0 Å². The van der Waals surface area contributed by atoms with Gasteiger partial charge in [0.05, 0.1) is 11.1 Å². The highest BCUT2D eigenvalue weighted by Gasteiger charge is 2.32. The van der Waals surface area contributed by atoms with Crippen LogP contribution in [0, 0.1) is 6.92 Å². The van der Waals surface area contributed by atoms with Gasteiger partial charge in [-0.1, -0.05) is 15.9 Å². The summed E-state index contributed by atoms with van der Waals surface area (Å²) in [5.41, 5.74) is 9.86. The number of nitrogens with zero attached hydrogens (tertiary/aromatic N) is 2. The van der Waals surface area contributed by atoms with Gasteiger partial charge < -0.3 is 10.6 Å². The van der Waals surface area contributed by atoms with E-state index >= 15 is 0 Å². The van der Waals surface area contributed by atoms with Gasteiger partial charge in [-0.25, -0.2) is 0 Å². The fourth-order valence-electron chi connectivity index (χ4n) is 3.51. The summed E-state index contributed by atoms with van der Waals surface area (Å²) in [6, 6.07) is 6.09. The SMILES string of the molecule is Cc1c(C2CC2)nc2ccc(Br)cc2c1C(=O)N1CC[C@H](N)C1. The number of halogens is 1. The van der Waals surface area contributed by atoms with Crippen LogP contribution in [0.5, 0.6) is 0 Å². The molecule has 1 aromatic heterocycles. The lowest BCUT2D eigenvalue weighted by atomic mass is 9.98. The zero-order valence-corrected chi connectivity index (χ0v) is 14.8. The number of fused-ring (bicyclic) bond motifs is 1. The summed E-state index contributed by atoms with van der Waals surface area (Å²) < 4.78 is 0.970. The van der Waals surface area contributed by atoms with E-state index in [0.29, 0.717) is 12.5 Å². The quantitative estimate of drug-likeness (QED) is 0.877. The smallest absolute Gasteiger partial charge is 0.254 e. The van der Waals surface area contributed by atoms with E-state index in [0.717, 1.165) is 45.2 Å². The Hall–Kier alpha value is -1.46. The highest BCUT2D eigenvalue weighted by Crippen LogP contribution is 2.42. The maximum Gasteiger partial charge on any atom is 0.254 e. The van der Waals surface area contributed by atoms with Crippen molar-refractivity contribution in [3.05, 3.63) is 39.5 Å². The Morgan fingerprint density at radius 3 is 2.78 bits per heavy atom. The van der Waals surface area contributed by atoms with E-state index < -0.39 is 0 Å². The molecule has 1 atom stereocenters. The first-order valence-electron chi connectivity index (χ1n) is 8.19. The number of carbonyl (C=O) groups is 1. The number of rotatable bonds is 2. The minimum atomic E-state index is 0.0991. The number of aromatic nitrogens is 1. The minimum absolute atomic E-state index is 0.0991. The Bertz CT molecular complexity index is 800. The Morgan fingerprint density at radius 2 is 2.13 bits per heavy atom. The third-order valence-electron chi connectivity index (χ3n) is 4.92. The van der Waals surface area contributed by atoms with Crippen LogP contribution >= 0.6 is 15.9 Å². The number of hydrogen-bond donors (Lipinski definition) is 1. The van der Waals surface area contributed by atoms with Gasteiger partial charge in [0.25, 0.3) is 5.91 Å². The molecule has 0 radical (unpaired) electrons. The van der Waals surface area contributed by atoms with E-state index in [4.69, 9.17) is 10.7 Å². The van der Waals surface area contributed by atoms with Gasteiger partial charge in [-0.2, -0.15) is 0 Å². The van der Waals surface area contributed by atoms with E-state index in [1.807, 2.05) is 30.0 Å². The van der Waals surface area contributed by atoms with Crippen molar-refractivity contribution in [2.75, 3.05) is 13.1 Å². The molecule has 2 N–H and O–H groups in total. The average Bonchev–Trinajstić information content (AvgIpc) is 3.27. The van der Waals surface area contributed by atoms with E-state index in [-0.39, 0.29) is 11.9 Å². The second-order valence-corrected chi connectivity index (χ2v) is 7.65. The molecule has 1 aromatic carbocycles. The molecular weight excluding hydrogens is 354 g/mol. The number of amides is 1. The Balaban J connectivity index is 1.90. The first-order valence-corrected chi connectivity index (χ1v) is 8.98. The Labute approximate surface area is 144 Å². The van der Waals surface area contributed by atoms with E-state index in [2.05, 4.69) is 15.9 Å². The Kier molecular flexibility index (Phi) is 3.65. The third kappa shape index (κ3) is 2.66. The molecule has 0 unspecified atom stereocenters. The first-order chi connectivity index (χ1) is 11.0. The van der Waals surface area contributed by atoms with Crippen molar-refractivity contribution in [2.45, 2.75) is 38.1 Å². The van der Waals surface area contributed by atoms with Crippen LogP contribution in [0.4, 0.5) is 0 Å². The third-order valence-corrected chi connectivity index (χ3v) is 5.41. The lowest BCUT2D eigenvalue weighted by molar-refractivity contribution is 0.0792. The number of pyridine rings is 1. The number of hydrogen-bond acceptors (Lipinski definition) is 3. The maximum atomic E-state index is 13.2. The van der Waals surface area contributed by atoms with Gasteiger partial charge in [0.2, 0.25) is 0 Å². The van der Waals surface area contributed by atoms with Gasteiger partial charge in [-0.15, -0.1) is 0 Å². The van der Waals surface area contributed by atoms with Crippen LogP contribution in [0.25, 0.3) is 10.9 Å². The summed E-state index contributed by atoms with van der Waals surface area (Å²) in [7, 11) is 0. The topological polar surface area (TPSA) is 59.2 Å². The minimum Gasteiger partial charge on any atom is -0.337 e. The standard InChI is InChI=1S/C18H20BrN3O/c1-10-16(18(23)22-7-6-13(20)9-22)14-8-12(19)4-5-15(14)21-17(10)11-2-3-11/h4-5,8,11,13H,2-3,6-7,9,20H2,1H3/t13-/m0/s1. The van der Waals surface area contributed by atoms with Crippen molar-refractivity contribution >= 4 is 32.7 Å². The zero-order valence-electron chi connectivity index (χ0n) is 13.2. The van der Waals surface area contributed by atoms with Crippen molar-refractivity contribution in [3.63, 3.8) is 0 Å². The lowest BCUT2D eigenvalue weighted by Crippen LogP contribution is -2.32. The fourth-order valence-corrected chi connectivity index (χ4v) is 3.87. The number of carbonyl (C=O) groups excluding carboxylic acids is 1. The number of benzene rings is 1. The van der Waals surface area contributed by atoms with E-state index in [1.54, 1.807) is 0 Å². The van der Waals surface area contributed by atoms with Crippen molar-refractivity contribution in [2.24, 2.45) is 5.73 Å². The first kappa shape index (κ1) is 15.1. The van der Waals surface area contributed by atoms with E-state index in [9.17, 15) is 4.79 Å². The second-order valence-electron chi connectivity index (χ2n) is 6.73. The van der Waals surface area contributed by atoms with Gasteiger partial charge >= 0.3 is 0 Å². The van der Waals surface area contributed by atoms with Crippen LogP contribution in [0.1, 0.15) is 46.8 Å². The fraction of sp³-hybridized carbons (Fsp3) is 0.444. The van der Waals surface area contributed by atoms with Crippen molar-refractivity contribution in [3.8, 4) is 0 Å². The summed E-state index contributed by atoms with van der Waals surface area (Å²) in [4.78, 5) is 19.9. The molecule has 2 aliphatic rings. The highest BCUT2D eigenvalue weighted by atomic mass is 79.9. The average molecular weight is 374 g/mol. The summed E-state index contributed by atoms with van der Waals surface area (Å²) in [6.07, 6.45) is 3.24. The molecule has 5 heteroatoms. The van der Waals surface area contributed by atoms with Gasteiger partial charge in [0.15, 0.2) is 0 Å². The molecule has 1 saturated heterocycles. The Morgan fingerprint density at radius 1 is 1.35 bits per heavy atom. The van der Waals surface area contributed by atoms with Crippen LogP contribution in [0.2, 0.25) is 0 Å². The summed E-state index contributed by atoms with van der Waals surface area (Å²) in [6.45, 7) is 3.44. The van der Waals surface area contributed by atoms with Crippen molar-refractivity contribution in [1.82, 2.24) is 9.88 Å². The molecule has 2 aromatic rings. The maximum absolute atomic E-state index is 13.2. The highest BCUT2D eigenvalue weighted by molar-refractivity contribution is 9.10. The molecular formula is C18H20BrN3O. The van der Waals surface area contributed by atoms with Gasteiger partial charge in [-0.05, 0) is 49.9 Å². The molecule has 23 heavy (non-hydrogen) atoms. The van der Waals surface area contributed by atoms with Crippen LogP contribution in [-0.2, 0) is 0 Å². The molecule has 4 nitrogen and oxygen atoms in total. The number of nitrogens with two attached hydrogens (primary N) is 1. The van der Waals surface area contributed by atoms with Crippen LogP contribution in [-0.4, -0.2) is 34.9 Å². The van der Waals surface area contributed by atoms with Crippen LogP contribution < -0.4 is 5.73 Å². The largest absolute Gasteiger partial charge is 0.337 e. The molecule has 1 aliphatic heterocycles. The lowest BCUT2D eigenvalue weighted by Gasteiger charge is -2.20. The molecule has 1 saturated carbocycles. The summed E-state index contributed by atoms with van der Waals surface area (Å²) in [5.74, 6) is 0.623. The molecule has 0 bridgehead atoms. The second kappa shape index (κ2) is 5.56. The van der Waals surface area contributed by atoms with E-state index in [1.165, 1.54) is 12.8 Å². The summed E-state index contributed by atoms with van der Waals surface area (Å²) in [5, 5.41) is 0.937.